The van der Waals surface area contributed by atoms with Crippen LogP contribution in [0.3, 0.4) is 0 Å². The van der Waals surface area contributed by atoms with Gasteiger partial charge in [0.15, 0.2) is 0 Å². The first-order valence-electron chi connectivity index (χ1n) is 2.61. The molecule has 0 amide bonds. The average Bonchev–Trinajstić information content (AvgIpc) is 1.66. The maximum atomic E-state index is 4.83. The van der Waals surface area contributed by atoms with Crippen LogP contribution in [0.5, 0.6) is 0 Å². The molecule has 0 saturated carbocycles. The van der Waals surface area contributed by atoms with Crippen molar-refractivity contribution in [3.05, 3.63) is 0 Å². The second-order valence-corrected chi connectivity index (χ2v) is 2.45. The molecule has 0 atom stereocenters. The number of hydrogen-bond acceptors (Lipinski definition) is 3. The van der Waals surface area contributed by atoms with Gasteiger partial charge in [0.05, 0.1) is 6.61 Å². The minimum absolute atomic E-state index is 0. The third-order valence-corrected chi connectivity index (χ3v) is 0.954. The Morgan fingerprint density at radius 3 is 2.56 bits per heavy atom. The van der Waals surface area contributed by atoms with Crippen molar-refractivity contribution in [3.63, 3.8) is 0 Å². The number of unbranched alkanes of at least 4 members (excludes halogenated alkanes) is 1. The minimum Gasteiger partial charge on any atom is -0.514 e. The van der Waals surface area contributed by atoms with Crippen molar-refractivity contribution in [3.8, 4) is 0 Å². The van der Waals surface area contributed by atoms with Gasteiger partial charge in [-0.3, -0.25) is 0 Å². The van der Waals surface area contributed by atoms with Gasteiger partial charge in [-0.2, -0.15) is 0 Å². The van der Waals surface area contributed by atoms with Crippen molar-refractivity contribution in [1.29, 1.82) is 0 Å². The summed E-state index contributed by atoms with van der Waals surface area (Å²) >= 11 is 9.00. The third kappa shape index (κ3) is 12.8. The van der Waals surface area contributed by atoms with Gasteiger partial charge >= 0.3 is 51.4 Å². The molecule has 0 aromatic rings. The molecule has 0 heterocycles. The molecule has 0 spiro atoms. The first-order chi connectivity index (χ1) is 3.77. The summed E-state index contributed by atoms with van der Waals surface area (Å²) in [5, 5.41) is 0. The van der Waals surface area contributed by atoms with E-state index in [1.165, 1.54) is 0 Å². The predicted octanol–water partition coefficient (Wildman–Crippen LogP) is -1.36. The Balaban J connectivity index is 0. The van der Waals surface area contributed by atoms with Crippen LogP contribution in [0.25, 0.3) is 0 Å². The van der Waals surface area contributed by atoms with Crippen LogP contribution in [-0.2, 0) is 17.4 Å². The maximum Gasteiger partial charge on any atom is 1.00 e. The molecule has 0 aliphatic rings. The van der Waals surface area contributed by atoms with Crippen molar-refractivity contribution in [2.75, 3.05) is 6.61 Å². The smallest absolute Gasteiger partial charge is 0.514 e. The van der Waals surface area contributed by atoms with E-state index >= 15 is 0 Å². The van der Waals surface area contributed by atoms with E-state index in [4.69, 9.17) is 4.74 Å². The third-order valence-electron chi connectivity index (χ3n) is 0.718. The Bertz CT molecular complexity index is 77.4. The fraction of sp³-hybridized carbons (Fsp3) is 0.800. The van der Waals surface area contributed by atoms with Gasteiger partial charge in [0.1, 0.15) is 0 Å². The molecule has 0 N–H and O–H groups in total. The first kappa shape index (κ1) is 13.3. The van der Waals surface area contributed by atoms with Crippen LogP contribution in [0.15, 0.2) is 0 Å². The molecular formula is C5H9KOS2. The van der Waals surface area contributed by atoms with Crippen molar-refractivity contribution in [2.45, 2.75) is 19.8 Å². The molecule has 0 aliphatic carbocycles. The summed E-state index contributed by atoms with van der Waals surface area (Å²) in [6.45, 7) is 2.77. The van der Waals surface area contributed by atoms with Gasteiger partial charge in [-0.1, -0.05) is 13.3 Å². The number of rotatable bonds is 3. The molecule has 0 bridgehead atoms. The molecule has 9 heavy (non-hydrogen) atoms. The van der Waals surface area contributed by atoms with E-state index in [2.05, 4.69) is 31.8 Å². The SMILES string of the molecule is CCCCOC(=S)[S-].[K+]. The second-order valence-electron chi connectivity index (χ2n) is 1.45. The number of ether oxygens (including phenoxy) is 1. The standard InChI is InChI=1S/C5H10OS2.K/c1-2-3-4-6-5(7)8;/h2-4H2,1H3,(H,7,8);/q;+1/p-1. The van der Waals surface area contributed by atoms with E-state index in [9.17, 15) is 0 Å². The van der Waals surface area contributed by atoms with Gasteiger partial charge in [0, 0.05) is 4.38 Å². The van der Waals surface area contributed by atoms with Crippen LogP contribution in [0.1, 0.15) is 19.8 Å². The van der Waals surface area contributed by atoms with Crippen molar-refractivity contribution in [2.24, 2.45) is 0 Å². The van der Waals surface area contributed by atoms with Crippen LogP contribution in [0.2, 0.25) is 0 Å². The van der Waals surface area contributed by atoms with E-state index in [1.54, 1.807) is 0 Å². The summed E-state index contributed by atoms with van der Waals surface area (Å²) < 4.78 is 5.06. The summed E-state index contributed by atoms with van der Waals surface area (Å²) in [4.78, 5) is 0. The van der Waals surface area contributed by atoms with Crippen LogP contribution < -0.4 is 51.4 Å². The fourth-order valence-electron chi connectivity index (χ4n) is 0.300. The van der Waals surface area contributed by atoms with Gasteiger partial charge in [-0.05, 0) is 6.42 Å². The maximum absolute atomic E-state index is 4.83. The van der Waals surface area contributed by atoms with E-state index in [-0.39, 0.29) is 55.8 Å². The number of hydrogen-bond donors (Lipinski definition) is 0. The van der Waals surface area contributed by atoms with Crippen molar-refractivity contribution in [1.82, 2.24) is 0 Å². The molecule has 0 unspecified atom stereocenters. The summed E-state index contributed by atoms with van der Waals surface area (Å²) in [7, 11) is 0. The van der Waals surface area contributed by atoms with Crippen LogP contribution in [-0.4, -0.2) is 11.0 Å². The van der Waals surface area contributed by atoms with Crippen LogP contribution >= 0.6 is 12.2 Å². The second kappa shape index (κ2) is 9.75. The summed E-state index contributed by atoms with van der Waals surface area (Å²) in [5.41, 5.74) is 0. The zero-order chi connectivity index (χ0) is 6.41. The monoisotopic (exact) mass is 188 g/mol. The Hall–Kier alpha value is 1.75. The molecule has 0 aliphatic heterocycles. The first-order valence-corrected chi connectivity index (χ1v) is 3.42. The summed E-state index contributed by atoms with van der Waals surface area (Å²) in [6, 6.07) is 0. The zero-order valence-electron chi connectivity index (χ0n) is 5.85. The average molecular weight is 188 g/mol. The van der Waals surface area contributed by atoms with Gasteiger partial charge in [-0.25, -0.2) is 0 Å². The Kier molecular flexibility index (Phi) is 14.5. The molecule has 0 fully saturated rings. The molecular weight excluding hydrogens is 179 g/mol. The molecule has 48 valence electrons. The molecule has 0 aromatic carbocycles. The molecule has 0 radical (unpaired) electrons. The molecule has 4 heteroatoms. The molecule has 0 aromatic heterocycles. The van der Waals surface area contributed by atoms with Gasteiger partial charge < -0.3 is 29.6 Å². The molecule has 0 rings (SSSR count). The van der Waals surface area contributed by atoms with Crippen molar-refractivity contribution >= 4 is 29.2 Å². The van der Waals surface area contributed by atoms with Crippen LogP contribution in [0, 0.1) is 0 Å². The molecule has 0 saturated heterocycles. The summed E-state index contributed by atoms with van der Waals surface area (Å²) in [5.74, 6) is 0. The summed E-state index contributed by atoms with van der Waals surface area (Å²) in [6.07, 6.45) is 2.16. The van der Waals surface area contributed by atoms with E-state index in [1.807, 2.05) is 0 Å². The zero-order valence-corrected chi connectivity index (χ0v) is 10.6. The largest absolute Gasteiger partial charge is 1.00 e. The minimum atomic E-state index is 0. The topological polar surface area (TPSA) is 9.23 Å². The fourth-order valence-corrected chi connectivity index (χ4v) is 0.467. The van der Waals surface area contributed by atoms with Crippen molar-refractivity contribution < 1.29 is 56.1 Å². The van der Waals surface area contributed by atoms with Gasteiger partial charge in [0.25, 0.3) is 0 Å². The quantitative estimate of drug-likeness (QED) is 0.234. The normalized spacial score (nSPS) is 7.67. The van der Waals surface area contributed by atoms with E-state index in [0.29, 0.717) is 6.61 Å². The van der Waals surface area contributed by atoms with E-state index < -0.39 is 0 Å². The Morgan fingerprint density at radius 2 is 2.22 bits per heavy atom. The van der Waals surface area contributed by atoms with Gasteiger partial charge in [0.2, 0.25) is 0 Å². The van der Waals surface area contributed by atoms with E-state index in [0.717, 1.165) is 12.8 Å². The Morgan fingerprint density at radius 1 is 1.67 bits per heavy atom. The predicted molar refractivity (Wildman–Crippen MR) is 40.8 cm³/mol. The number of thiocarbonyl (C=S) groups is 1. The molecule has 1 nitrogen and oxygen atoms in total. The Labute approximate surface area is 110 Å². The van der Waals surface area contributed by atoms with Crippen LogP contribution in [0.4, 0.5) is 0 Å². The van der Waals surface area contributed by atoms with Gasteiger partial charge in [-0.15, -0.1) is 0 Å².